The molecule has 0 saturated heterocycles. The Kier molecular flexibility index (Phi) is 7.17. The fourth-order valence-corrected chi connectivity index (χ4v) is 3.40. The van der Waals surface area contributed by atoms with Crippen LogP contribution in [0, 0.1) is 0 Å². The van der Waals surface area contributed by atoms with Gasteiger partial charge in [0.1, 0.15) is 11.5 Å². The molecule has 1 amide bonds. The van der Waals surface area contributed by atoms with E-state index >= 15 is 0 Å². The number of nitrogens with zero attached hydrogens (tertiary/aromatic N) is 1. The van der Waals surface area contributed by atoms with Crippen molar-refractivity contribution in [1.82, 2.24) is 9.62 Å². The molecule has 26 heavy (non-hydrogen) atoms. The van der Waals surface area contributed by atoms with Crippen LogP contribution in [0.1, 0.15) is 23.7 Å². The second kappa shape index (κ2) is 9.35. The summed E-state index contributed by atoms with van der Waals surface area (Å²) in [7, 11) is -3.21. The Morgan fingerprint density at radius 3 is 2.38 bits per heavy atom. The predicted octanol–water partition coefficient (Wildman–Crippen LogP) is 2.88. The maximum atomic E-state index is 12.4. The van der Waals surface area contributed by atoms with E-state index in [4.69, 9.17) is 4.74 Å². The van der Waals surface area contributed by atoms with Gasteiger partial charge in [-0.1, -0.05) is 37.3 Å². The first kappa shape index (κ1) is 19.9. The molecule has 2 aromatic rings. The maximum Gasteiger partial charge on any atom is 0.255 e. The van der Waals surface area contributed by atoms with Crippen molar-refractivity contribution in [1.29, 1.82) is 0 Å². The Morgan fingerprint density at radius 2 is 1.73 bits per heavy atom. The van der Waals surface area contributed by atoms with Gasteiger partial charge in [0.15, 0.2) is 0 Å². The van der Waals surface area contributed by atoms with Crippen LogP contribution < -0.4 is 10.1 Å². The molecule has 6 nitrogen and oxygen atoms in total. The van der Waals surface area contributed by atoms with Gasteiger partial charge < -0.3 is 10.1 Å². The first-order chi connectivity index (χ1) is 12.4. The molecule has 0 radical (unpaired) electrons. The Labute approximate surface area is 154 Å². The molecule has 0 aliphatic rings. The SMILES string of the molecule is CCN(CCCNC(=O)c1ccccc1Oc1ccccc1)S(C)(=O)=O. The van der Waals surface area contributed by atoms with Gasteiger partial charge in [-0.15, -0.1) is 0 Å². The molecule has 2 aromatic carbocycles. The van der Waals surface area contributed by atoms with Crippen LogP contribution in [0.3, 0.4) is 0 Å². The van der Waals surface area contributed by atoms with Gasteiger partial charge >= 0.3 is 0 Å². The fraction of sp³-hybridized carbons (Fsp3) is 0.316. The number of nitrogens with one attached hydrogen (secondary N) is 1. The van der Waals surface area contributed by atoms with E-state index in [1.807, 2.05) is 30.3 Å². The van der Waals surface area contributed by atoms with Gasteiger partial charge in [-0.25, -0.2) is 12.7 Å². The van der Waals surface area contributed by atoms with Crippen molar-refractivity contribution >= 4 is 15.9 Å². The Bertz CT molecular complexity index is 822. The molecule has 0 saturated carbocycles. The number of amides is 1. The molecule has 1 N–H and O–H groups in total. The smallest absolute Gasteiger partial charge is 0.255 e. The second-order valence-electron chi connectivity index (χ2n) is 5.78. The van der Waals surface area contributed by atoms with E-state index in [1.54, 1.807) is 31.2 Å². The highest BCUT2D eigenvalue weighted by Crippen LogP contribution is 2.24. The van der Waals surface area contributed by atoms with Crippen molar-refractivity contribution in [2.75, 3.05) is 25.9 Å². The van der Waals surface area contributed by atoms with E-state index in [9.17, 15) is 13.2 Å². The van der Waals surface area contributed by atoms with Crippen LogP contribution in [0.25, 0.3) is 0 Å². The quantitative estimate of drug-likeness (QED) is 0.683. The van der Waals surface area contributed by atoms with Gasteiger partial charge in [0.2, 0.25) is 10.0 Å². The summed E-state index contributed by atoms with van der Waals surface area (Å²) >= 11 is 0. The third-order valence-electron chi connectivity index (χ3n) is 3.79. The number of ether oxygens (including phenoxy) is 1. The molecule has 0 heterocycles. The molecule has 2 rings (SSSR count). The molecular formula is C19H24N2O4S. The van der Waals surface area contributed by atoms with E-state index in [-0.39, 0.29) is 5.91 Å². The van der Waals surface area contributed by atoms with Crippen LogP contribution in [0.2, 0.25) is 0 Å². The van der Waals surface area contributed by atoms with Gasteiger partial charge in [0.05, 0.1) is 11.8 Å². The minimum Gasteiger partial charge on any atom is -0.457 e. The van der Waals surface area contributed by atoms with E-state index in [0.29, 0.717) is 43.1 Å². The third-order valence-corrected chi connectivity index (χ3v) is 5.17. The van der Waals surface area contributed by atoms with E-state index in [1.165, 1.54) is 10.6 Å². The summed E-state index contributed by atoms with van der Waals surface area (Å²) in [6.07, 6.45) is 1.72. The summed E-state index contributed by atoms with van der Waals surface area (Å²) < 4.78 is 30.3. The standard InChI is InChI=1S/C19H24N2O4S/c1-3-21(26(2,23)24)15-9-14-20-19(22)17-12-7-8-13-18(17)25-16-10-5-4-6-11-16/h4-8,10-13H,3,9,14-15H2,1-2H3,(H,20,22). The zero-order valence-electron chi connectivity index (χ0n) is 15.0. The van der Waals surface area contributed by atoms with E-state index < -0.39 is 10.0 Å². The molecule has 0 fully saturated rings. The number of carbonyl (C=O) groups excluding carboxylic acids is 1. The van der Waals surface area contributed by atoms with Crippen LogP contribution in [-0.2, 0) is 10.0 Å². The van der Waals surface area contributed by atoms with Gasteiger partial charge in [-0.05, 0) is 30.7 Å². The van der Waals surface area contributed by atoms with Gasteiger partial charge in [-0.2, -0.15) is 0 Å². The number of benzene rings is 2. The highest BCUT2D eigenvalue weighted by Gasteiger charge is 2.15. The van der Waals surface area contributed by atoms with E-state index in [0.717, 1.165) is 0 Å². The first-order valence-corrected chi connectivity index (χ1v) is 10.3. The van der Waals surface area contributed by atoms with Gasteiger partial charge in [0.25, 0.3) is 5.91 Å². The molecule has 0 bridgehead atoms. The van der Waals surface area contributed by atoms with Crippen molar-refractivity contribution in [2.24, 2.45) is 0 Å². The van der Waals surface area contributed by atoms with Crippen molar-refractivity contribution in [2.45, 2.75) is 13.3 Å². The first-order valence-electron chi connectivity index (χ1n) is 8.47. The molecule has 0 aliphatic heterocycles. The lowest BCUT2D eigenvalue weighted by Crippen LogP contribution is -2.33. The number of sulfonamides is 1. The van der Waals surface area contributed by atoms with Gasteiger partial charge in [-0.3, -0.25) is 4.79 Å². The molecule has 0 aliphatic carbocycles. The summed E-state index contributed by atoms with van der Waals surface area (Å²) in [6.45, 7) is 2.96. The topological polar surface area (TPSA) is 75.7 Å². The van der Waals surface area contributed by atoms with Crippen LogP contribution in [0.4, 0.5) is 0 Å². The van der Waals surface area contributed by atoms with Crippen molar-refractivity contribution in [3.8, 4) is 11.5 Å². The Morgan fingerprint density at radius 1 is 1.08 bits per heavy atom. The molecule has 7 heteroatoms. The molecule has 0 spiro atoms. The average molecular weight is 376 g/mol. The summed E-state index contributed by atoms with van der Waals surface area (Å²) in [5.41, 5.74) is 0.437. The lowest BCUT2D eigenvalue weighted by Gasteiger charge is -2.17. The predicted molar refractivity (Wildman–Crippen MR) is 102 cm³/mol. The maximum absolute atomic E-state index is 12.4. The second-order valence-corrected chi connectivity index (χ2v) is 7.76. The molecule has 140 valence electrons. The minimum absolute atomic E-state index is 0.251. The van der Waals surface area contributed by atoms with E-state index in [2.05, 4.69) is 5.32 Å². The summed E-state index contributed by atoms with van der Waals surface area (Å²) in [6, 6.07) is 16.3. The minimum atomic E-state index is -3.21. The highest BCUT2D eigenvalue weighted by atomic mass is 32.2. The third kappa shape index (κ3) is 5.86. The number of para-hydroxylation sites is 2. The van der Waals surface area contributed by atoms with Crippen molar-refractivity contribution in [3.63, 3.8) is 0 Å². The number of hydrogen-bond donors (Lipinski definition) is 1. The zero-order chi connectivity index (χ0) is 19.0. The molecule has 0 atom stereocenters. The fourth-order valence-electron chi connectivity index (χ4n) is 2.47. The summed E-state index contributed by atoms with van der Waals surface area (Å²) in [5.74, 6) is 0.876. The van der Waals surface area contributed by atoms with Crippen LogP contribution >= 0.6 is 0 Å². The average Bonchev–Trinajstić information content (AvgIpc) is 2.61. The number of rotatable bonds is 9. The monoisotopic (exact) mass is 376 g/mol. The van der Waals surface area contributed by atoms with Crippen molar-refractivity contribution in [3.05, 3.63) is 60.2 Å². The molecule has 0 unspecified atom stereocenters. The van der Waals surface area contributed by atoms with Crippen LogP contribution in [0.15, 0.2) is 54.6 Å². The lowest BCUT2D eigenvalue weighted by molar-refractivity contribution is 0.0950. The normalized spacial score (nSPS) is 11.3. The highest BCUT2D eigenvalue weighted by molar-refractivity contribution is 7.88. The number of hydrogen-bond acceptors (Lipinski definition) is 4. The Balaban J connectivity index is 1.94. The molecular weight excluding hydrogens is 352 g/mol. The van der Waals surface area contributed by atoms with Crippen LogP contribution in [-0.4, -0.2) is 44.5 Å². The summed E-state index contributed by atoms with van der Waals surface area (Å²) in [5, 5.41) is 2.82. The lowest BCUT2D eigenvalue weighted by atomic mass is 10.2. The molecule has 0 aromatic heterocycles. The zero-order valence-corrected chi connectivity index (χ0v) is 15.8. The largest absolute Gasteiger partial charge is 0.457 e. The van der Waals surface area contributed by atoms with Crippen molar-refractivity contribution < 1.29 is 17.9 Å². The Hall–Kier alpha value is -2.38. The van der Waals surface area contributed by atoms with Crippen LogP contribution in [0.5, 0.6) is 11.5 Å². The number of carbonyl (C=O) groups is 1. The van der Waals surface area contributed by atoms with Gasteiger partial charge in [0, 0.05) is 19.6 Å². The summed E-state index contributed by atoms with van der Waals surface area (Å²) in [4.78, 5) is 12.4.